The van der Waals surface area contributed by atoms with E-state index >= 15 is 0 Å². The van der Waals surface area contributed by atoms with Crippen LogP contribution in [0.15, 0.2) is 48.5 Å². The van der Waals surface area contributed by atoms with Gasteiger partial charge in [-0.25, -0.2) is 0 Å². The topological polar surface area (TPSA) is 26.3 Å². The summed E-state index contributed by atoms with van der Waals surface area (Å²) in [5.74, 6) is 1.66. The van der Waals surface area contributed by atoms with E-state index in [2.05, 4.69) is 26.8 Å². The molecule has 0 amide bonds. The molecule has 20 heavy (non-hydrogen) atoms. The third-order valence-corrected chi connectivity index (χ3v) is 3.18. The number of rotatable bonds is 3. The zero-order valence-electron chi connectivity index (χ0n) is 12.4. The van der Waals surface area contributed by atoms with Gasteiger partial charge in [-0.05, 0) is 42.7 Å². The minimum absolute atomic E-state index is 0.0237. The Balaban J connectivity index is 2.28. The predicted octanol–water partition coefficient (Wildman–Crippen LogP) is 4.98. The van der Waals surface area contributed by atoms with E-state index < -0.39 is 0 Å². The quantitative estimate of drug-likeness (QED) is 0.734. The lowest BCUT2D eigenvalue weighted by atomic mass is 9.86. The van der Waals surface area contributed by atoms with Gasteiger partial charge in [0.15, 0.2) is 5.78 Å². The molecule has 2 aromatic carbocycles. The summed E-state index contributed by atoms with van der Waals surface area (Å²) in [6, 6.07) is 15.3. The SMILES string of the molecule is CC(=O)c1ccc(Oc2ccccc2C(C)(C)C)cc1. The number of carbonyl (C=O) groups is 1. The average molecular weight is 268 g/mol. The number of hydrogen-bond donors (Lipinski definition) is 0. The molecule has 0 heterocycles. The Morgan fingerprint density at radius 1 is 0.950 bits per heavy atom. The maximum atomic E-state index is 11.3. The van der Waals surface area contributed by atoms with Crippen molar-refractivity contribution >= 4 is 5.78 Å². The van der Waals surface area contributed by atoms with Crippen molar-refractivity contribution < 1.29 is 9.53 Å². The second kappa shape index (κ2) is 5.49. The number of ketones is 1. The monoisotopic (exact) mass is 268 g/mol. The Bertz CT molecular complexity index is 604. The first-order valence-electron chi connectivity index (χ1n) is 6.76. The molecule has 104 valence electrons. The summed E-state index contributed by atoms with van der Waals surface area (Å²) in [7, 11) is 0. The number of Topliss-reactive ketones (excluding diaryl/α,β-unsaturated/α-hetero) is 1. The summed E-state index contributed by atoms with van der Waals surface area (Å²) in [5.41, 5.74) is 1.88. The molecule has 0 fully saturated rings. The molecule has 0 unspecified atom stereocenters. The first-order chi connectivity index (χ1) is 9.38. The van der Waals surface area contributed by atoms with Crippen molar-refractivity contribution in [1.29, 1.82) is 0 Å². The molecular formula is C18H20O2. The highest BCUT2D eigenvalue weighted by molar-refractivity contribution is 5.94. The molecule has 0 radical (unpaired) electrons. The molecule has 0 atom stereocenters. The molecule has 0 aliphatic carbocycles. The molecule has 2 aromatic rings. The maximum Gasteiger partial charge on any atom is 0.159 e. The number of para-hydroxylation sites is 1. The van der Waals surface area contributed by atoms with E-state index in [9.17, 15) is 4.79 Å². The van der Waals surface area contributed by atoms with Gasteiger partial charge in [0.05, 0.1) is 0 Å². The smallest absolute Gasteiger partial charge is 0.159 e. The molecule has 0 N–H and O–H groups in total. The molecule has 0 bridgehead atoms. The van der Waals surface area contributed by atoms with Crippen LogP contribution in [0.3, 0.4) is 0 Å². The Labute approximate surface area is 120 Å². The van der Waals surface area contributed by atoms with Crippen LogP contribution in [0, 0.1) is 0 Å². The van der Waals surface area contributed by atoms with E-state index in [1.54, 1.807) is 19.1 Å². The average Bonchev–Trinajstić information content (AvgIpc) is 2.38. The van der Waals surface area contributed by atoms with Gasteiger partial charge in [0, 0.05) is 11.1 Å². The van der Waals surface area contributed by atoms with E-state index in [0.717, 1.165) is 17.1 Å². The van der Waals surface area contributed by atoms with Crippen LogP contribution >= 0.6 is 0 Å². The third-order valence-electron chi connectivity index (χ3n) is 3.18. The van der Waals surface area contributed by atoms with Crippen LogP contribution in [0.2, 0.25) is 0 Å². The van der Waals surface area contributed by atoms with Crippen LogP contribution in [0.1, 0.15) is 43.6 Å². The summed E-state index contributed by atoms with van der Waals surface area (Å²) in [6.45, 7) is 8.04. The van der Waals surface area contributed by atoms with Crippen molar-refractivity contribution in [1.82, 2.24) is 0 Å². The van der Waals surface area contributed by atoms with E-state index in [1.807, 2.05) is 30.3 Å². The van der Waals surface area contributed by atoms with Crippen LogP contribution in [0.4, 0.5) is 0 Å². The Hall–Kier alpha value is -2.09. The molecule has 2 heteroatoms. The molecule has 2 nitrogen and oxygen atoms in total. The van der Waals surface area contributed by atoms with Gasteiger partial charge in [0.2, 0.25) is 0 Å². The van der Waals surface area contributed by atoms with Crippen LogP contribution in [0.5, 0.6) is 11.5 Å². The van der Waals surface area contributed by atoms with Crippen molar-refractivity contribution in [2.45, 2.75) is 33.1 Å². The van der Waals surface area contributed by atoms with Crippen molar-refractivity contribution in [2.24, 2.45) is 0 Å². The van der Waals surface area contributed by atoms with Crippen LogP contribution < -0.4 is 4.74 Å². The van der Waals surface area contributed by atoms with Crippen molar-refractivity contribution in [3.63, 3.8) is 0 Å². The fourth-order valence-corrected chi connectivity index (χ4v) is 2.06. The van der Waals surface area contributed by atoms with Gasteiger partial charge >= 0.3 is 0 Å². The van der Waals surface area contributed by atoms with E-state index in [1.165, 1.54) is 0 Å². The zero-order chi connectivity index (χ0) is 14.8. The summed E-state index contributed by atoms with van der Waals surface area (Å²) < 4.78 is 5.96. The largest absolute Gasteiger partial charge is 0.457 e. The molecule has 2 rings (SSSR count). The second-order valence-electron chi connectivity index (χ2n) is 5.93. The van der Waals surface area contributed by atoms with Gasteiger partial charge < -0.3 is 4.74 Å². The fraction of sp³-hybridized carbons (Fsp3) is 0.278. The van der Waals surface area contributed by atoms with Crippen molar-refractivity contribution in [2.75, 3.05) is 0 Å². The summed E-state index contributed by atoms with van der Waals surface area (Å²) in [6.07, 6.45) is 0. The molecule has 0 aliphatic heterocycles. The van der Waals surface area contributed by atoms with Gasteiger partial charge in [-0.2, -0.15) is 0 Å². The highest BCUT2D eigenvalue weighted by Crippen LogP contribution is 2.33. The predicted molar refractivity (Wildman–Crippen MR) is 81.7 cm³/mol. The van der Waals surface area contributed by atoms with Crippen LogP contribution in [-0.4, -0.2) is 5.78 Å². The van der Waals surface area contributed by atoms with E-state index in [-0.39, 0.29) is 11.2 Å². The molecule has 0 aliphatic rings. The first-order valence-corrected chi connectivity index (χ1v) is 6.76. The van der Waals surface area contributed by atoms with Crippen LogP contribution in [-0.2, 0) is 5.41 Å². The molecule has 0 spiro atoms. The maximum absolute atomic E-state index is 11.3. The van der Waals surface area contributed by atoms with Crippen LogP contribution in [0.25, 0.3) is 0 Å². The van der Waals surface area contributed by atoms with Gasteiger partial charge in [-0.15, -0.1) is 0 Å². The number of carbonyl (C=O) groups excluding carboxylic acids is 1. The minimum Gasteiger partial charge on any atom is -0.457 e. The third kappa shape index (κ3) is 3.27. The Morgan fingerprint density at radius 2 is 1.55 bits per heavy atom. The number of benzene rings is 2. The minimum atomic E-state index is 0.0237. The molecular weight excluding hydrogens is 248 g/mol. The van der Waals surface area contributed by atoms with E-state index in [0.29, 0.717) is 5.56 Å². The Kier molecular flexibility index (Phi) is 3.93. The van der Waals surface area contributed by atoms with E-state index in [4.69, 9.17) is 4.74 Å². The highest BCUT2D eigenvalue weighted by Gasteiger charge is 2.18. The standard InChI is InChI=1S/C18H20O2/c1-13(19)14-9-11-15(12-10-14)20-17-8-6-5-7-16(17)18(2,3)4/h5-12H,1-4H3. The molecule has 0 saturated heterocycles. The lowest BCUT2D eigenvalue weighted by Gasteiger charge is -2.22. The van der Waals surface area contributed by atoms with Gasteiger partial charge in [0.25, 0.3) is 0 Å². The fourth-order valence-electron chi connectivity index (χ4n) is 2.06. The first kappa shape index (κ1) is 14.3. The number of hydrogen-bond acceptors (Lipinski definition) is 2. The Morgan fingerprint density at radius 3 is 2.10 bits per heavy atom. The van der Waals surface area contributed by atoms with Crippen molar-refractivity contribution in [3.05, 3.63) is 59.7 Å². The summed E-state index contributed by atoms with van der Waals surface area (Å²) in [5, 5.41) is 0. The second-order valence-corrected chi connectivity index (χ2v) is 5.93. The number of ether oxygens (including phenoxy) is 1. The molecule has 0 aromatic heterocycles. The van der Waals surface area contributed by atoms with Crippen molar-refractivity contribution in [3.8, 4) is 11.5 Å². The summed E-state index contributed by atoms with van der Waals surface area (Å²) >= 11 is 0. The summed E-state index contributed by atoms with van der Waals surface area (Å²) in [4.78, 5) is 11.3. The van der Waals surface area contributed by atoms with Gasteiger partial charge in [0.1, 0.15) is 11.5 Å². The molecule has 0 saturated carbocycles. The zero-order valence-corrected chi connectivity index (χ0v) is 12.4. The lowest BCUT2D eigenvalue weighted by molar-refractivity contribution is 0.101. The normalized spacial score (nSPS) is 11.2. The lowest BCUT2D eigenvalue weighted by Crippen LogP contribution is -2.12. The highest BCUT2D eigenvalue weighted by atomic mass is 16.5. The van der Waals surface area contributed by atoms with Gasteiger partial charge in [-0.3, -0.25) is 4.79 Å². The van der Waals surface area contributed by atoms with Gasteiger partial charge in [-0.1, -0.05) is 39.0 Å².